The Kier molecular flexibility index (Phi) is 14.3. The minimum Gasteiger partial charge on any atom is -0.282 e. The number of aryl methyl sites for hydroxylation is 2. The van der Waals surface area contributed by atoms with Gasteiger partial charge in [-0.2, -0.15) is 16.8 Å². The van der Waals surface area contributed by atoms with Crippen LogP contribution in [0, 0.1) is 13.8 Å². The molecule has 2 aromatic rings. The molecule has 31 heavy (non-hydrogen) atoms. The van der Waals surface area contributed by atoms with E-state index in [9.17, 15) is 16.8 Å². The predicted octanol–water partition coefficient (Wildman–Crippen LogP) is 6.24. The maximum Gasteiger partial charge on any atom is 0.294 e. The number of unbranched alkanes of at least 4 members (excludes halogenated alkanes) is 6. The Bertz CT molecular complexity index is 853. The minimum atomic E-state index is -4.02. The topological polar surface area (TPSA) is 109 Å². The molecule has 0 fully saturated rings. The quantitative estimate of drug-likeness (QED) is 0.348. The molecule has 0 heterocycles. The summed E-state index contributed by atoms with van der Waals surface area (Å²) in [5.74, 6) is 0. The van der Waals surface area contributed by atoms with Crippen LogP contribution in [0.3, 0.4) is 0 Å². The number of hydrogen-bond acceptors (Lipinski definition) is 4. The van der Waals surface area contributed by atoms with E-state index in [1.165, 1.54) is 69.2 Å². The summed E-state index contributed by atoms with van der Waals surface area (Å²) in [6, 6.07) is 12.0. The Hall–Kier alpha value is -1.74. The smallest absolute Gasteiger partial charge is 0.282 e. The Morgan fingerprint density at radius 3 is 1.03 bits per heavy atom. The van der Waals surface area contributed by atoms with E-state index in [1.807, 2.05) is 13.8 Å². The highest BCUT2D eigenvalue weighted by Crippen LogP contribution is 2.09. The van der Waals surface area contributed by atoms with Gasteiger partial charge in [0.1, 0.15) is 0 Å². The lowest BCUT2D eigenvalue weighted by atomic mass is 10.1. The van der Waals surface area contributed by atoms with E-state index in [-0.39, 0.29) is 9.79 Å². The molecule has 0 amide bonds. The molecular weight excluding hydrogens is 436 g/mol. The predicted molar refractivity (Wildman–Crippen MR) is 126 cm³/mol. The molecule has 8 heteroatoms. The van der Waals surface area contributed by atoms with Crippen LogP contribution >= 0.6 is 0 Å². The van der Waals surface area contributed by atoms with Crippen molar-refractivity contribution in [3.05, 3.63) is 59.7 Å². The van der Waals surface area contributed by atoms with Crippen molar-refractivity contribution in [3.8, 4) is 0 Å². The van der Waals surface area contributed by atoms with Gasteiger partial charge >= 0.3 is 0 Å². The van der Waals surface area contributed by atoms with Crippen molar-refractivity contribution in [2.45, 2.75) is 82.4 Å². The fourth-order valence-corrected chi connectivity index (χ4v) is 3.41. The molecule has 0 aliphatic rings. The summed E-state index contributed by atoms with van der Waals surface area (Å²) in [5.41, 5.74) is 1.91. The minimum absolute atomic E-state index is 0.0666. The summed E-state index contributed by atoms with van der Waals surface area (Å²) in [6.07, 6.45) is 9.97. The van der Waals surface area contributed by atoms with Crippen LogP contribution in [0.15, 0.2) is 58.3 Å². The van der Waals surface area contributed by atoms with Crippen LogP contribution in [0.4, 0.5) is 0 Å². The molecule has 2 rings (SSSR count). The molecule has 176 valence electrons. The molecule has 0 bridgehead atoms. The average molecular weight is 473 g/mol. The number of benzene rings is 2. The normalized spacial score (nSPS) is 11.0. The zero-order valence-corrected chi connectivity index (χ0v) is 20.5. The van der Waals surface area contributed by atoms with Crippen LogP contribution in [0.5, 0.6) is 0 Å². The molecule has 6 nitrogen and oxygen atoms in total. The Morgan fingerprint density at radius 2 is 0.806 bits per heavy atom. The van der Waals surface area contributed by atoms with Crippen LogP contribution in [-0.2, 0) is 20.2 Å². The lowest BCUT2D eigenvalue weighted by Gasteiger charge is -1.96. The van der Waals surface area contributed by atoms with Gasteiger partial charge in [0.25, 0.3) is 20.2 Å². The van der Waals surface area contributed by atoms with E-state index in [2.05, 4.69) is 13.8 Å². The van der Waals surface area contributed by atoms with Gasteiger partial charge in [0.15, 0.2) is 0 Å². The molecule has 0 aliphatic carbocycles. The van der Waals surface area contributed by atoms with E-state index >= 15 is 0 Å². The summed E-state index contributed by atoms with van der Waals surface area (Å²) in [7, 11) is -8.04. The van der Waals surface area contributed by atoms with Gasteiger partial charge in [0.05, 0.1) is 9.79 Å². The van der Waals surface area contributed by atoms with Crippen molar-refractivity contribution >= 4 is 20.2 Å². The van der Waals surface area contributed by atoms with Crippen molar-refractivity contribution in [2.24, 2.45) is 0 Å². The second-order valence-electron chi connectivity index (χ2n) is 7.34. The molecule has 0 unspecified atom stereocenters. The largest absolute Gasteiger partial charge is 0.294 e. The summed E-state index contributed by atoms with van der Waals surface area (Å²) in [5, 5.41) is 0. The first kappa shape index (κ1) is 29.3. The molecular formula is C23H36O6S2. The first-order valence-electron chi connectivity index (χ1n) is 10.5. The highest BCUT2D eigenvalue weighted by molar-refractivity contribution is 7.86. The molecule has 0 aromatic heterocycles. The van der Waals surface area contributed by atoms with Gasteiger partial charge in [-0.3, -0.25) is 9.11 Å². The fourth-order valence-electron chi connectivity index (χ4n) is 2.45. The van der Waals surface area contributed by atoms with Gasteiger partial charge in [0, 0.05) is 0 Å². The Morgan fingerprint density at radius 1 is 0.548 bits per heavy atom. The first-order chi connectivity index (χ1) is 14.4. The van der Waals surface area contributed by atoms with Crippen molar-refractivity contribution < 1.29 is 25.9 Å². The van der Waals surface area contributed by atoms with Gasteiger partial charge in [-0.05, 0) is 38.1 Å². The van der Waals surface area contributed by atoms with E-state index in [1.54, 1.807) is 24.3 Å². The average Bonchev–Trinajstić information content (AvgIpc) is 2.68. The third kappa shape index (κ3) is 14.8. The van der Waals surface area contributed by atoms with Crippen molar-refractivity contribution in [3.63, 3.8) is 0 Å². The molecule has 0 spiro atoms. The lowest BCUT2D eigenvalue weighted by Crippen LogP contribution is -1.96. The van der Waals surface area contributed by atoms with Crippen LogP contribution in [-0.4, -0.2) is 25.9 Å². The Labute approximate surface area is 188 Å². The van der Waals surface area contributed by atoms with E-state index in [0.717, 1.165) is 11.1 Å². The second-order valence-corrected chi connectivity index (χ2v) is 10.2. The third-order valence-electron chi connectivity index (χ3n) is 4.34. The van der Waals surface area contributed by atoms with E-state index < -0.39 is 20.2 Å². The zero-order chi connectivity index (χ0) is 23.9. The molecule has 0 atom stereocenters. The number of rotatable bonds is 8. The summed E-state index contributed by atoms with van der Waals surface area (Å²) in [6.45, 7) is 8.21. The maximum atomic E-state index is 10.5. The van der Waals surface area contributed by atoms with Crippen LogP contribution in [0.1, 0.15) is 69.9 Å². The summed E-state index contributed by atoms with van der Waals surface area (Å²) < 4.78 is 59.1. The van der Waals surface area contributed by atoms with E-state index in [0.29, 0.717) is 0 Å². The van der Waals surface area contributed by atoms with Gasteiger partial charge in [0.2, 0.25) is 0 Å². The highest BCUT2D eigenvalue weighted by Gasteiger charge is 2.07. The van der Waals surface area contributed by atoms with E-state index in [4.69, 9.17) is 9.11 Å². The molecule has 2 N–H and O–H groups in total. The third-order valence-corrected chi connectivity index (χ3v) is 6.08. The SMILES string of the molecule is CCCCCCCCC.Cc1ccc(S(=O)(=O)O)cc1.Cc1ccc(S(=O)(=O)O)cc1. The highest BCUT2D eigenvalue weighted by atomic mass is 32.2. The fraction of sp³-hybridized carbons (Fsp3) is 0.478. The van der Waals surface area contributed by atoms with Gasteiger partial charge < -0.3 is 0 Å². The molecule has 0 radical (unpaired) electrons. The number of hydrogen-bond donors (Lipinski definition) is 2. The molecule has 0 aliphatic heterocycles. The van der Waals surface area contributed by atoms with Gasteiger partial charge in [-0.1, -0.05) is 94.2 Å². The molecule has 0 saturated heterocycles. The molecule has 2 aromatic carbocycles. The maximum absolute atomic E-state index is 10.5. The molecule has 0 saturated carbocycles. The Balaban J connectivity index is 0.000000439. The lowest BCUT2D eigenvalue weighted by molar-refractivity contribution is 0.481. The second kappa shape index (κ2) is 15.1. The monoisotopic (exact) mass is 472 g/mol. The summed E-state index contributed by atoms with van der Waals surface area (Å²) >= 11 is 0. The van der Waals surface area contributed by atoms with Crippen molar-refractivity contribution in [1.82, 2.24) is 0 Å². The van der Waals surface area contributed by atoms with Crippen molar-refractivity contribution in [1.29, 1.82) is 0 Å². The van der Waals surface area contributed by atoms with Crippen LogP contribution in [0.25, 0.3) is 0 Å². The zero-order valence-electron chi connectivity index (χ0n) is 18.9. The van der Waals surface area contributed by atoms with Crippen molar-refractivity contribution in [2.75, 3.05) is 0 Å². The van der Waals surface area contributed by atoms with Crippen LogP contribution in [0.2, 0.25) is 0 Å². The standard InChI is InChI=1S/C9H20.2C7H8O3S/c1-3-5-7-9-8-6-4-2;2*1-6-2-4-7(5-3-6)11(8,9)10/h3-9H2,1-2H3;2*2-5H,1H3,(H,8,9,10). The summed E-state index contributed by atoms with van der Waals surface area (Å²) in [4.78, 5) is -0.133. The first-order valence-corrected chi connectivity index (χ1v) is 13.4. The van der Waals surface area contributed by atoms with Gasteiger partial charge in [-0.25, -0.2) is 0 Å². The van der Waals surface area contributed by atoms with Gasteiger partial charge in [-0.15, -0.1) is 0 Å². The van der Waals surface area contributed by atoms with Crippen LogP contribution < -0.4 is 0 Å².